The second-order valence-corrected chi connectivity index (χ2v) is 3.79. The molecular weight excluding hydrogens is 238 g/mol. The summed E-state index contributed by atoms with van der Waals surface area (Å²) in [5.41, 5.74) is 0.778. The molecule has 5 nitrogen and oxygen atoms in total. The van der Waals surface area contributed by atoms with Gasteiger partial charge in [-0.15, -0.1) is 5.10 Å². The van der Waals surface area contributed by atoms with Gasteiger partial charge < -0.3 is 9.73 Å². The van der Waals surface area contributed by atoms with Crippen molar-refractivity contribution in [3.63, 3.8) is 0 Å². The number of benzene rings is 1. The lowest BCUT2D eigenvalue weighted by Crippen LogP contribution is -2.12. The fraction of sp³-hybridized carbons (Fsp3) is 0.182. The average Bonchev–Trinajstić information content (AvgIpc) is 2.74. The number of carbonyl (C=O) groups is 1. The Morgan fingerprint density at radius 2 is 2.18 bits per heavy atom. The molecule has 0 bridgehead atoms. The Kier molecular flexibility index (Phi) is 3.66. The lowest BCUT2D eigenvalue weighted by Gasteiger charge is -2.02. The lowest BCUT2D eigenvalue weighted by molar-refractivity contribution is -0.116. The van der Waals surface area contributed by atoms with Gasteiger partial charge in [0, 0.05) is 18.5 Å². The van der Waals surface area contributed by atoms with E-state index >= 15 is 0 Å². The zero-order chi connectivity index (χ0) is 12.1. The number of anilines is 1. The molecular formula is C11H11N3O2S. The van der Waals surface area contributed by atoms with Gasteiger partial charge in [-0.05, 0) is 24.4 Å². The van der Waals surface area contributed by atoms with E-state index in [1.54, 1.807) is 0 Å². The first-order valence-electron chi connectivity index (χ1n) is 5.13. The molecule has 0 atom stereocenters. The number of H-pyrrole nitrogens is 1. The molecule has 0 saturated carbocycles. The topological polar surface area (TPSA) is 70.9 Å². The average molecular weight is 249 g/mol. The van der Waals surface area contributed by atoms with E-state index in [4.69, 9.17) is 16.6 Å². The van der Waals surface area contributed by atoms with Gasteiger partial charge in [0.1, 0.15) is 0 Å². The minimum absolute atomic E-state index is 0.0830. The van der Waals surface area contributed by atoms with Crippen molar-refractivity contribution in [2.24, 2.45) is 0 Å². The van der Waals surface area contributed by atoms with Crippen LogP contribution in [0.25, 0.3) is 0 Å². The van der Waals surface area contributed by atoms with E-state index in [2.05, 4.69) is 15.5 Å². The molecule has 0 aliphatic rings. The number of nitrogens with one attached hydrogen (secondary N) is 2. The highest BCUT2D eigenvalue weighted by molar-refractivity contribution is 7.71. The van der Waals surface area contributed by atoms with E-state index in [0.29, 0.717) is 18.7 Å². The number of nitrogens with zero attached hydrogens (tertiary/aromatic N) is 1. The fourth-order valence-electron chi connectivity index (χ4n) is 1.33. The maximum atomic E-state index is 11.6. The number of aromatic amines is 1. The summed E-state index contributed by atoms with van der Waals surface area (Å²) >= 11 is 4.73. The minimum Gasteiger partial charge on any atom is -0.414 e. The van der Waals surface area contributed by atoms with Gasteiger partial charge >= 0.3 is 0 Å². The number of hydrogen-bond acceptors (Lipinski definition) is 4. The molecule has 2 N–H and O–H groups in total. The van der Waals surface area contributed by atoms with E-state index in [1.807, 2.05) is 30.3 Å². The Hall–Kier alpha value is -1.95. The summed E-state index contributed by atoms with van der Waals surface area (Å²) in [6.07, 6.45) is 0.726. The molecule has 88 valence electrons. The Morgan fingerprint density at radius 3 is 2.82 bits per heavy atom. The standard InChI is InChI=1S/C11H11N3O2S/c15-9(12-8-4-2-1-3-5-8)6-7-10-13-14-11(17)16-10/h1-5H,6-7H2,(H,12,15)(H,14,17). The van der Waals surface area contributed by atoms with Crippen LogP contribution in [0.15, 0.2) is 34.7 Å². The highest BCUT2D eigenvalue weighted by Gasteiger charge is 2.05. The molecule has 2 aromatic rings. The van der Waals surface area contributed by atoms with Crippen molar-refractivity contribution >= 4 is 23.8 Å². The third-order valence-electron chi connectivity index (χ3n) is 2.11. The number of aromatic nitrogens is 2. The van der Waals surface area contributed by atoms with Gasteiger partial charge in [0.05, 0.1) is 0 Å². The van der Waals surface area contributed by atoms with Gasteiger partial charge in [-0.25, -0.2) is 5.10 Å². The molecule has 0 spiro atoms. The van der Waals surface area contributed by atoms with Crippen molar-refractivity contribution in [2.75, 3.05) is 5.32 Å². The SMILES string of the molecule is O=C(CCc1n[nH]c(=S)o1)Nc1ccccc1. The maximum absolute atomic E-state index is 11.6. The van der Waals surface area contributed by atoms with Crippen LogP contribution < -0.4 is 5.32 Å². The van der Waals surface area contributed by atoms with Gasteiger partial charge in [0.2, 0.25) is 11.8 Å². The summed E-state index contributed by atoms with van der Waals surface area (Å²) in [7, 11) is 0. The Morgan fingerprint density at radius 1 is 1.41 bits per heavy atom. The van der Waals surface area contributed by atoms with Gasteiger partial charge in [-0.1, -0.05) is 18.2 Å². The largest absolute Gasteiger partial charge is 0.414 e. The van der Waals surface area contributed by atoms with E-state index in [9.17, 15) is 4.79 Å². The molecule has 1 amide bonds. The number of rotatable bonds is 4. The monoisotopic (exact) mass is 249 g/mol. The Balaban J connectivity index is 1.84. The normalized spacial score (nSPS) is 10.1. The van der Waals surface area contributed by atoms with Crippen LogP contribution in [0.5, 0.6) is 0 Å². The first-order valence-corrected chi connectivity index (χ1v) is 5.54. The number of carbonyl (C=O) groups excluding carboxylic acids is 1. The van der Waals surface area contributed by atoms with Crippen molar-refractivity contribution in [3.05, 3.63) is 41.1 Å². The Labute approximate surface area is 103 Å². The summed E-state index contributed by atoms with van der Waals surface area (Å²) in [4.78, 5) is 11.8. The van der Waals surface area contributed by atoms with Crippen LogP contribution in [-0.2, 0) is 11.2 Å². The molecule has 0 unspecified atom stereocenters. The maximum Gasteiger partial charge on any atom is 0.284 e. The summed E-state index contributed by atoms with van der Waals surface area (Å²) in [6, 6.07) is 9.28. The molecule has 17 heavy (non-hydrogen) atoms. The molecule has 0 radical (unpaired) electrons. The van der Waals surface area contributed by atoms with Crippen LogP contribution >= 0.6 is 12.2 Å². The number of para-hydroxylation sites is 1. The minimum atomic E-state index is -0.0830. The van der Waals surface area contributed by atoms with Crippen LogP contribution in [0.2, 0.25) is 0 Å². The van der Waals surface area contributed by atoms with Gasteiger partial charge in [-0.2, -0.15) is 0 Å². The van der Waals surface area contributed by atoms with E-state index in [-0.39, 0.29) is 10.7 Å². The van der Waals surface area contributed by atoms with Crippen molar-refractivity contribution in [1.29, 1.82) is 0 Å². The summed E-state index contributed by atoms with van der Waals surface area (Å²) in [6.45, 7) is 0. The first-order chi connectivity index (χ1) is 8.24. The van der Waals surface area contributed by atoms with Gasteiger partial charge in [0.25, 0.3) is 4.84 Å². The summed E-state index contributed by atoms with van der Waals surface area (Å²) < 4.78 is 5.05. The zero-order valence-corrected chi connectivity index (χ0v) is 9.79. The van der Waals surface area contributed by atoms with Crippen LogP contribution in [0.3, 0.4) is 0 Å². The predicted octanol–water partition coefficient (Wildman–Crippen LogP) is 2.30. The van der Waals surface area contributed by atoms with Crippen molar-refractivity contribution in [2.45, 2.75) is 12.8 Å². The van der Waals surface area contributed by atoms with Crippen molar-refractivity contribution in [3.8, 4) is 0 Å². The highest BCUT2D eigenvalue weighted by Crippen LogP contribution is 2.06. The second-order valence-electron chi connectivity index (χ2n) is 3.42. The van der Waals surface area contributed by atoms with Gasteiger partial charge in [-0.3, -0.25) is 4.79 Å². The molecule has 0 saturated heterocycles. The van der Waals surface area contributed by atoms with E-state index < -0.39 is 0 Å². The third-order valence-corrected chi connectivity index (χ3v) is 2.28. The van der Waals surface area contributed by atoms with E-state index in [0.717, 1.165) is 5.69 Å². The summed E-state index contributed by atoms with van der Waals surface area (Å²) in [5.74, 6) is 0.360. The number of amides is 1. The lowest BCUT2D eigenvalue weighted by atomic mass is 10.2. The highest BCUT2D eigenvalue weighted by atomic mass is 32.1. The van der Waals surface area contributed by atoms with E-state index in [1.165, 1.54) is 0 Å². The van der Waals surface area contributed by atoms with Crippen molar-refractivity contribution in [1.82, 2.24) is 10.2 Å². The molecule has 0 aliphatic carbocycles. The molecule has 6 heteroatoms. The molecule has 1 aromatic carbocycles. The quantitative estimate of drug-likeness (QED) is 0.816. The smallest absolute Gasteiger partial charge is 0.284 e. The van der Waals surface area contributed by atoms with Crippen LogP contribution in [0.4, 0.5) is 5.69 Å². The number of hydrogen-bond donors (Lipinski definition) is 2. The predicted molar refractivity (Wildman–Crippen MR) is 65.1 cm³/mol. The molecule has 1 aromatic heterocycles. The summed E-state index contributed by atoms with van der Waals surface area (Å²) in [5, 5.41) is 9.10. The Bertz CT molecular complexity index is 547. The van der Waals surface area contributed by atoms with Crippen LogP contribution in [0, 0.1) is 4.84 Å². The first kappa shape index (κ1) is 11.5. The third kappa shape index (κ3) is 3.53. The fourth-order valence-corrected chi connectivity index (χ4v) is 1.47. The number of aryl methyl sites for hydroxylation is 1. The molecule has 2 rings (SSSR count). The van der Waals surface area contributed by atoms with Crippen LogP contribution in [0.1, 0.15) is 12.3 Å². The van der Waals surface area contributed by atoms with Crippen LogP contribution in [-0.4, -0.2) is 16.1 Å². The van der Waals surface area contributed by atoms with Gasteiger partial charge in [0.15, 0.2) is 0 Å². The molecule has 0 fully saturated rings. The zero-order valence-electron chi connectivity index (χ0n) is 8.97. The molecule has 0 aliphatic heterocycles. The molecule has 1 heterocycles. The van der Waals surface area contributed by atoms with Crippen molar-refractivity contribution < 1.29 is 9.21 Å². The second kappa shape index (κ2) is 5.40.